The first-order chi connectivity index (χ1) is 16.8. The molecule has 0 atom stereocenters. The average molecular weight is 507 g/mol. The second kappa shape index (κ2) is 10.6. The number of rotatable bonds is 8. The third kappa shape index (κ3) is 6.21. The topological polar surface area (TPSA) is 83.8 Å². The fourth-order valence-electron chi connectivity index (χ4n) is 3.66. The van der Waals surface area contributed by atoms with Gasteiger partial charge in [-0.05, 0) is 71.8 Å². The number of ether oxygens (including phenoxy) is 1. The SMILES string of the molecule is O=C(O)c1ccc(Oc2ccc(C(=O)O)cc2Cc2ccc(Cl)cc2)c(Cc2ccc(Cl)cc2)c1. The van der Waals surface area contributed by atoms with E-state index in [1.807, 2.05) is 24.3 Å². The van der Waals surface area contributed by atoms with Gasteiger partial charge < -0.3 is 14.9 Å². The Morgan fingerprint density at radius 1 is 0.600 bits per heavy atom. The largest absolute Gasteiger partial charge is 0.478 e. The van der Waals surface area contributed by atoms with Gasteiger partial charge in [0.05, 0.1) is 11.1 Å². The van der Waals surface area contributed by atoms with Gasteiger partial charge in [-0.15, -0.1) is 0 Å². The van der Waals surface area contributed by atoms with Crippen LogP contribution < -0.4 is 4.74 Å². The van der Waals surface area contributed by atoms with Crippen molar-refractivity contribution in [2.24, 2.45) is 0 Å². The van der Waals surface area contributed by atoms with Crippen molar-refractivity contribution in [2.75, 3.05) is 0 Å². The van der Waals surface area contributed by atoms with Crippen LogP contribution in [0, 0.1) is 0 Å². The molecule has 0 aliphatic carbocycles. The number of hydrogen-bond donors (Lipinski definition) is 2. The molecule has 176 valence electrons. The first kappa shape index (κ1) is 24.3. The second-order valence-corrected chi connectivity index (χ2v) is 8.84. The van der Waals surface area contributed by atoms with E-state index in [2.05, 4.69) is 0 Å². The Hall–Kier alpha value is -3.80. The highest BCUT2D eigenvalue weighted by Crippen LogP contribution is 2.33. The van der Waals surface area contributed by atoms with Crippen molar-refractivity contribution in [1.29, 1.82) is 0 Å². The monoisotopic (exact) mass is 506 g/mol. The maximum atomic E-state index is 11.6. The van der Waals surface area contributed by atoms with Gasteiger partial charge in [-0.1, -0.05) is 47.5 Å². The van der Waals surface area contributed by atoms with Crippen LogP contribution in [-0.4, -0.2) is 22.2 Å². The van der Waals surface area contributed by atoms with E-state index in [4.69, 9.17) is 27.9 Å². The van der Waals surface area contributed by atoms with Crippen molar-refractivity contribution in [2.45, 2.75) is 12.8 Å². The zero-order valence-corrected chi connectivity index (χ0v) is 19.9. The summed E-state index contributed by atoms with van der Waals surface area (Å²) in [6.45, 7) is 0. The third-order valence-electron chi connectivity index (χ3n) is 5.45. The van der Waals surface area contributed by atoms with Crippen LogP contribution in [0.5, 0.6) is 11.5 Å². The van der Waals surface area contributed by atoms with Gasteiger partial charge in [-0.2, -0.15) is 0 Å². The van der Waals surface area contributed by atoms with Crippen LogP contribution in [0.1, 0.15) is 43.0 Å². The van der Waals surface area contributed by atoms with Crippen LogP contribution in [0.15, 0.2) is 84.9 Å². The Morgan fingerprint density at radius 3 is 1.31 bits per heavy atom. The number of carbonyl (C=O) groups is 2. The summed E-state index contributed by atoms with van der Waals surface area (Å²) in [5.74, 6) is -1.12. The Labute approximate surface area is 212 Å². The van der Waals surface area contributed by atoms with E-state index in [1.165, 1.54) is 12.1 Å². The molecule has 2 N–H and O–H groups in total. The van der Waals surface area contributed by atoms with Crippen molar-refractivity contribution in [3.63, 3.8) is 0 Å². The van der Waals surface area contributed by atoms with E-state index in [1.54, 1.807) is 48.5 Å². The highest BCUT2D eigenvalue weighted by atomic mass is 35.5. The molecule has 4 aromatic carbocycles. The molecule has 0 fully saturated rings. The van der Waals surface area contributed by atoms with Gasteiger partial charge in [-0.25, -0.2) is 9.59 Å². The lowest BCUT2D eigenvalue weighted by Gasteiger charge is -2.16. The van der Waals surface area contributed by atoms with E-state index in [0.29, 0.717) is 45.5 Å². The first-order valence-electron chi connectivity index (χ1n) is 10.7. The molecule has 4 rings (SSSR count). The predicted octanol–water partition coefficient (Wildman–Crippen LogP) is 7.36. The summed E-state index contributed by atoms with van der Waals surface area (Å²) in [5.41, 5.74) is 3.50. The van der Waals surface area contributed by atoms with Gasteiger partial charge >= 0.3 is 11.9 Å². The van der Waals surface area contributed by atoms with Gasteiger partial charge in [0.2, 0.25) is 0 Å². The van der Waals surface area contributed by atoms with Crippen LogP contribution in [0.3, 0.4) is 0 Å². The lowest BCUT2D eigenvalue weighted by Crippen LogP contribution is -2.03. The standard InChI is InChI=1S/C28H20Cl2O5/c29-23-7-1-17(2-8-23)13-21-15-19(27(31)32)5-11-25(21)35-26-12-6-20(28(33)34)16-22(26)14-18-3-9-24(30)10-4-18/h1-12,15-16H,13-14H2,(H,31,32)(H,33,34). The summed E-state index contributed by atoms with van der Waals surface area (Å²) < 4.78 is 6.26. The van der Waals surface area contributed by atoms with Crippen LogP contribution in [-0.2, 0) is 12.8 Å². The maximum Gasteiger partial charge on any atom is 0.335 e. The van der Waals surface area contributed by atoms with Crippen molar-refractivity contribution in [3.05, 3.63) is 128 Å². The van der Waals surface area contributed by atoms with E-state index in [-0.39, 0.29) is 11.1 Å². The first-order valence-corrected chi connectivity index (χ1v) is 11.4. The second-order valence-electron chi connectivity index (χ2n) is 7.96. The number of halogens is 2. The molecule has 0 aliphatic rings. The quantitative estimate of drug-likeness (QED) is 0.260. The van der Waals surface area contributed by atoms with E-state index in [9.17, 15) is 19.8 Å². The summed E-state index contributed by atoms with van der Waals surface area (Å²) in [7, 11) is 0. The molecule has 4 aromatic rings. The fourth-order valence-corrected chi connectivity index (χ4v) is 3.92. The molecule has 0 spiro atoms. The Bertz CT molecular complexity index is 1270. The van der Waals surface area contributed by atoms with Gasteiger partial charge in [0, 0.05) is 34.0 Å². The summed E-state index contributed by atoms with van der Waals surface area (Å²) in [6, 6.07) is 23.9. The minimum absolute atomic E-state index is 0.143. The molecule has 0 radical (unpaired) electrons. The number of carboxylic acid groups (broad SMARTS) is 2. The molecule has 0 unspecified atom stereocenters. The number of hydrogen-bond acceptors (Lipinski definition) is 3. The minimum atomic E-state index is -1.04. The van der Waals surface area contributed by atoms with Gasteiger partial charge in [0.15, 0.2) is 0 Å². The van der Waals surface area contributed by atoms with Crippen molar-refractivity contribution in [1.82, 2.24) is 0 Å². The molecule has 0 saturated heterocycles. The minimum Gasteiger partial charge on any atom is -0.478 e. The van der Waals surface area contributed by atoms with E-state index in [0.717, 1.165) is 11.1 Å². The molecular formula is C28H20Cl2O5. The number of carboxylic acids is 2. The van der Waals surface area contributed by atoms with Gasteiger partial charge in [0.1, 0.15) is 11.5 Å². The molecule has 0 saturated carbocycles. The lowest BCUT2D eigenvalue weighted by atomic mass is 10.0. The molecule has 0 aromatic heterocycles. The van der Waals surface area contributed by atoms with E-state index >= 15 is 0 Å². The Balaban J connectivity index is 1.72. The summed E-state index contributed by atoms with van der Waals surface area (Å²) in [4.78, 5) is 23.2. The fraction of sp³-hybridized carbons (Fsp3) is 0.0714. The van der Waals surface area contributed by atoms with E-state index < -0.39 is 11.9 Å². The zero-order chi connectivity index (χ0) is 24.9. The Kier molecular flexibility index (Phi) is 7.39. The van der Waals surface area contributed by atoms with Crippen molar-refractivity contribution >= 4 is 35.1 Å². The molecule has 5 nitrogen and oxygen atoms in total. The molecular weight excluding hydrogens is 487 g/mol. The summed E-state index contributed by atoms with van der Waals surface area (Å²) in [5, 5.41) is 20.2. The van der Waals surface area contributed by atoms with Gasteiger partial charge in [0.25, 0.3) is 0 Å². The highest BCUT2D eigenvalue weighted by Gasteiger charge is 2.15. The molecule has 35 heavy (non-hydrogen) atoms. The molecule has 0 amide bonds. The summed E-state index contributed by atoms with van der Waals surface area (Å²) >= 11 is 12.0. The maximum absolute atomic E-state index is 11.6. The highest BCUT2D eigenvalue weighted by molar-refractivity contribution is 6.30. The molecule has 0 heterocycles. The average Bonchev–Trinajstić information content (AvgIpc) is 2.83. The Morgan fingerprint density at radius 2 is 0.971 bits per heavy atom. The van der Waals surface area contributed by atoms with Crippen LogP contribution in [0.4, 0.5) is 0 Å². The van der Waals surface area contributed by atoms with Crippen LogP contribution in [0.25, 0.3) is 0 Å². The van der Waals surface area contributed by atoms with Crippen molar-refractivity contribution in [3.8, 4) is 11.5 Å². The predicted molar refractivity (Wildman–Crippen MR) is 135 cm³/mol. The zero-order valence-electron chi connectivity index (χ0n) is 18.4. The smallest absolute Gasteiger partial charge is 0.335 e. The van der Waals surface area contributed by atoms with Crippen molar-refractivity contribution < 1.29 is 24.5 Å². The normalized spacial score (nSPS) is 10.7. The third-order valence-corrected chi connectivity index (χ3v) is 5.95. The molecule has 0 bridgehead atoms. The summed E-state index contributed by atoms with van der Waals surface area (Å²) in [6.07, 6.45) is 0.848. The number of benzene rings is 4. The molecule has 7 heteroatoms. The van der Waals surface area contributed by atoms with Gasteiger partial charge in [-0.3, -0.25) is 0 Å². The number of aromatic carboxylic acids is 2. The van der Waals surface area contributed by atoms with Crippen LogP contribution in [0.2, 0.25) is 10.0 Å². The lowest BCUT2D eigenvalue weighted by molar-refractivity contribution is 0.0686. The molecule has 0 aliphatic heterocycles. The van der Waals surface area contributed by atoms with Crippen LogP contribution >= 0.6 is 23.2 Å².